The van der Waals surface area contributed by atoms with E-state index in [0.29, 0.717) is 23.7 Å². The van der Waals surface area contributed by atoms with Crippen LogP contribution < -0.4 is 98.1 Å². The number of ether oxygens (including phenoxy) is 2. The molecule has 194 valence electrons. The van der Waals surface area contributed by atoms with E-state index in [2.05, 4.69) is 19.1 Å². The van der Waals surface area contributed by atoms with Crippen LogP contribution in [0.3, 0.4) is 0 Å². The molecule has 0 bridgehead atoms. The van der Waals surface area contributed by atoms with E-state index in [4.69, 9.17) is 34.7 Å². The average Bonchev–Trinajstić information content (AvgIpc) is 2.82. The third kappa shape index (κ3) is 17.7. The maximum absolute atomic E-state index is 11.6. The molecule has 11 nitrogen and oxygen atoms in total. The van der Waals surface area contributed by atoms with Gasteiger partial charge in [0.2, 0.25) is 0 Å². The van der Waals surface area contributed by atoms with E-state index in [1.54, 1.807) is 24.3 Å². The molecule has 0 fully saturated rings. The van der Waals surface area contributed by atoms with Crippen LogP contribution in [0.4, 0.5) is 0 Å². The van der Waals surface area contributed by atoms with E-state index in [9.17, 15) is 13.0 Å². The molecule has 0 spiro atoms. The van der Waals surface area contributed by atoms with Crippen molar-refractivity contribution in [2.24, 2.45) is 0 Å². The summed E-state index contributed by atoms with van der Waals surface area (Å²) < 4.78 is 96.2. The van der Waals surface area contributed by atoms with Crippen LogP contribution in [0.25, 0.3) is 11.1 Å². The molecule has 0 heterocycles. The molecule has 3 aromatic carbocycles. The number of hydrogen-bond acceptors (Lipinski definition) is 11. The Balaban J connectivity index is -0.00000104. The summed E-state index contributed by atoms with van der Waals surface area (Å²) in [5.74, 6) is 0.875. The van der Waals surface area contributed by atoms with Crippen molar-refractivity contribution in [2.45, 2.75) is 24.8 Å². The predicted octanol–water partition coefficient (Wildman–Crippen LogP) is -6.99. The van der Waals surface area contributed by atoms with E-state index in [1.165, 1.54) is 24.8 Å². The summed E-state index contributed by atoms with van der Waals surface area (Å²) in [5, 5.41) is 0. The first-order valence-corrected chi connectivity index (χ1v) is 13.1. The minimum absolute atomic E-state index is 0. The summed E-state index contributed by atoms with van der Waals surface area (Å²) in [4.78, 5) is -0.345. The fourth-order valence-corrected chi connectivity index (χ4v) is 3.39. The molecule has 0 aromatic heterocycles. The zero-order valence-electron chi connectivity index (χ0n) is 21.8. The number of aryl methyl sites for hydroxylation is 1. The molecule has 0 amide bonds. The largest absolute Gasteiger partial charge is 1.00 e. The Hall–Kier alpha value is -0.590. The second-order valence-corrected chi connectivity index (χ2v) is 8.69. The molecular weight excluding hydrogens is 605 g/mol. The first-order valence-electron chi connectivity index (χ1n) is 9.69. The molecule has 0 radical (unpaired) electrons. The SMILES string of the molecule is CCc1c[c-]c(COc2c[c-]c(-c3ccc(OC)cc3S(=O)(=O)[O-])cc2)cc1.O=S(=O)=O.O=S(=O)=O.[Na+].[Na+].[Na+]. The van der Waals surface area contributed by atoms with Gasteiger partial charge in [-0.2, -0.15) is 29.8 Å². The van der Waals surface area contributed by atoms with Crippen LogP contribution in [-0.4, -0.2) is 45.3 Å². The normalized spacial score (nSPS) is 9.31. The van der Waals surface area contributed by atoms with Crippen molar-refractivity contribution in [3.8, 4) is 22.6 Å². The van der Waals surface area contributed by atoms with Crippen molar-refractivity contribution in [3.63, 3.8) is 0 Å². The number of hydrogen-bond donors (Lipinski definition) is 0. The van der Waals surface area contributed by atoms with Crippen LogP contribution in [0.2, 0.25) is 0 Å². The summed E-state index contributed by atoms with van der Waals surface area (Å²) in [7, 11) is -9.48. The van der Waals surface area contributed by atoms with Crippen LogP contribution in [0, 0.1) is 12.1 Å². The summed E-state index contributed by atoms with van der Waals surface area (Å²) in [6.07, 6.45) is 0.959. The molecule has 0 saturated heterocycles. The maximum Gasteiger partial charge on any atom is 1.00 e. The van der Waals surface area contributed by atoms with Gasteiger partial charge < -0.3 is 14.0 Å². The third-order valence-corrected chi connectivity index (χ3v) is 5.15. The molecule has 0 saturated carbocycles. The molecule has 0 atom stereocenters. The predicted molar refractivity (Wildman–Crippen MR) is 124 cm³/mol. The Bertz CT molecular complexity index is 1440. The third-order valence-electron chi connectivity index (χ3n) is 4.28. The standard InChI is InChI=1S/C22H20O5S.3Na.2O3S/c1-3-16-4-6-17(7-5-16)15-27-19-10-8-18(9-11-19)21-13-12-20(26-2)14-22(21)28(23,24)25;;;;2*1-4(2)3/h4-6,8,10-14H,3,15H2,1-2H3,(H,23,24,25);;;;;/q-2;3*+1;;/p-1. The average molecular weight is 625 g/mol. The van der Waals surface area contributed by atoms with E-state index in [-0.39, 0.29) is 99.1 Å². The summed E-state index contributed by atoms with van der Waals surface area (Å²) >= 11 is 0. The van der Waals surface area contributed by atoms with Gasteiger partial charge in [0.05, 0.1) is 13.7 Å². The summed E-state index contributed by atoms with van der Waals surface area (Å²) in [6.45, 7) is 2.45. The van der Waals surface area contributed by atoms with Crippen molar-refractivity contribution in [2.75, 3.05) is 7.11 Å². The molecule has 0 aliphatic carbocycles. The first kappa shape index (κ1) is 42.9. The van der Waals surface area contributed by atoms with Crippen molar-refractivity contribution in [1.29, 1.82) is 0 Å². The van der Waals surface area contributed by atoms with Crippen molar-refractivity contribution < 1.29 is 136 Å². The van der Waals surface area contributed by atoms with Gasteiger partial charge in [0.25, 0.3) is 0 Å². The Morgan fingerprint density at radius 2 is 1.38 bits per heavy atom. The van der Waals surface area contributed by atoms with Crippen molar-refractivity contribution in [3.05, 3.63) is 77.9 Å². The molecule has 0 unspecified atom stereocenters. The Kier molecular flexibility index (Phi) is 24.3. The van der Waals surface area contributed by atoms with Gasteiger partial charge in [-0.3, -0.25) is 0 Å². The minimum atomic E-state index is -4.66. The number of methoxy groups -OCH3 is 1. The Morgan fingerprint density at radius 1 is 0.821 bits per heavy atom. The van der Waals surface area contributed by atoms with E-state index >= 15 is 0 Å². The topological polar surface area (TPSA) is 178 Å². The molecule has 0 N–H and O–H groups in total. The molecule has 39 heavy (non-hydrogen) atoms. The molecule has 17 heteroatoms. The van der Waals surface area contributed by atoms with Gasteiger partial charge >= 0.3 is 110 Å². The Morgan fingerprint density at radius 3 is 1.79 bits per heavy atom. The van der Waals surface area contributed by atoms with Crippen LogP contribution >= 0.6 is 0 Å². The fraction of sp³-hybridized carbons (Fsp3) is 0.182. The molecular formula is C22H19Na3O11S3. The van der Waals surface area contributed by atoms with Gasteiger partial charge in [0, 0.05) is 10.6 Å². The summed E-state index contributed by atoms with van der Waals surface area (Å²) in [6, 6.07) is 21.4. The molecule has 3 aromatic rings. The van der Waals surface area contributed by atoms with Crippen LogP contribution in [0.15, 0.2) is 59.5 Å². The molecule has 0 aliphatic rings. The van der Waals surface area contributed by atoms with Gasteiger partial charge in [-0.05, 0) is 12.1 Å². The zero-order valence-corrected chi connectivity index (χ0v) is 30.3. The molecule has 3 rings (SSSR count). The minimum Gasteiger partial charge on any atom is -0.745 e. The van der Waals surface area contributed by atoms with Crippen molar-refractivity contribution >= 4 is 31.3 Å². The van der Waals surface area contributed by atoms with Gasteiger partial charge in [-0.15, -0.1) is 60.6 Å². The fourth-order valence-electron chi connectivity index (χ4n) is 2.69. The van der Waals surface area contributed by atoms with E-state index in [0.717, 1.165) is 12.0 Å². The molecule has 0 aliphatic heterocycles. The van der Waals surface area contributed by atoms with E-state index in [1.807, 2.05) is 18.2 Å². The van der Waals surface area contributed by atoms with Gasteiger partial charge in [0.1, 0.15) is 15.9 Å². The quantitative estimate of drug-likeness (QED) is 0.139. The summed E-state index contributed by atoms with van der Waals surface area (Å²) in [5.41, 5.74) is 2.88. The zero-order chi connectivity index (χ0) is 27.3. The smallest absolute Gasteiger partial charge is 0.745 e. The number of rotatable bonds is 7. The van der Waals surface area contributed by atoms with Crippen LogP contribution in [0.1, 0.15) is 18.1 Å². The van der Waals surface area contributed by atoms with Gasteiger partial charge in [-0.25, -0.2) is 8.42 Å². The monoisotopic (exact) mass is 624 g/mol. The van der Waals surface area contributed by atoms with Gasteiger partial charge in [-0.1, -0.05) is 25.0 Å². The second kappa shape index (κ2) is 22.1. The van der Waals surface area contributed by atoms with Gasteiger partial charge in [0.15, 0.2) is 0 Å². The van der Waals surface area contributed by atoms with Crippen molar-refractivity contribution in [1.82, 2.24) is 0 Å². The van der Waals surface area contributed by atoms with E-state index < -0.39 is 31.3 Å². The number of benzene rings is 3. The van der Waals surface area contributed by atoms with Crippen LogP contribution in [-0.2, 0) is 44.4 Å². The second-order valence-electron chi connectivity index (χ2n) is 6.53. The Labute approximate surface area is 296 Å². The maximum atomic E-state index is 11.6. The van der Waals surface area contributed by atoms with Crippen LogP contribution in [0.5, 0.6) is 11.5 Å². The first-order chi connectivity index (χ1) is 16.9.